The van der Waals surface area contributed by atoms with E-state index in [1.807, 2.05) is 0 Å². The van der Waals surface area contributed by atoms with Crippen molar-refractivity contribution >= 4 is 17.3 Å². The zero-order valence-corrected chi connectivity index (χ0v) is 7.57. The molecule has 0 aliphatic heterocycles. The second-order valence-electron chi connectivity index (χ2n) is 2.18. The topological polar surface area (TPSA) is 81.1 Å². The highest BCUT2D eigenvalue weighted by atomic mass is 32.1. The normalized spacial score (nSPS) is 9.83. The van der Waals surface area contributed by atoms with E-state index in [-0.39, 0.29) is 4.80 Å². The Labute approximate surface area is 72.9 Å². The van der Waals surface area contributed by atoms with Crippen molar-refractivity contribution in [1.29, 1.82) is 5.41 Å². The van der Waals surface area contributed by atoms with Gasteiger partial charge in [0.05, 0.1) is 12.8 Å². The molecule has 0 aliphatic rings. The van der Waals surface area contributed by atoms with E-state index in [1.165, 1.54) is 7.11 Å². The van der Waals surface area contributed by atoms with Gasteiger partial charge in [0, 0.05) is 0 Å². The van der Waals surface area contributed by atoms with Crippen LogP contribution in [0.4, 0.5) is 0 Å². The summed E-state index contributed by atoms with van der Waals surface area (Å²) in [5.74, 6) is 4.98. The first-order valence-electron chi connectivity index (χ1n) is 3.18. The molecule has 12 heavy (non-hydrogen) atoms. The maximum absolute atomic E-state index is 11.0. The summed E-state index contributed by atoms with van der Waals surface area (Å²) in [6, 6.07) is 0. The fourth-order valence-corrected chi connectivity index (χ4v) is 1.60. The van der Waals surface area contributed by atoms with Crippen molar-refractivity contribution < 1.29 is 9.53 Å². The third kappa shape index (κ3) is 1.20. The molecule has 66 valence electrons. The van der Waals surface area contributed by atoms with Gasteiger partial charge < -0.3 is 10.6 Å². The molecule has 6 heteroatoms. The third-order valence-electron chi connectivity index (χ3n) is 1.48. The number of hydrogen-bond acceptors (Lipinski definition) is 5. The van der Waals surface area contributed by atoms with Crippen LogP contribution in [0.5, 0.6) is 0 Å². The second-order valence-corrected chi connectivity index (χ2v) is 3.18. The Kier molecular flexibility index (Phi) is 2.18. The Morgan fingerprint density at radius 3 is 2.67 bits per heavy atom. The summed E-state index contributed by atoms with van der Waals surface area (Å²) in [4.78, 5) is 11.5. The largest absolute Gasteiger partial charge is 0.465 e. The van der Waals surface area contributed by atoms with Gasteiger partial charge in [-0.15, -0.1) is 0 Å². The van der Waals surface area contributed by atoms with Crippen LogP contribution in [-0.4, -0.2) is 17.8 Å². The molecule has 1 heterocycles. The molecule has 0 fully saturated rings. The Balaban J connectivity index is 3.27. The van der Waals surface area contributed by atoms with Crippen molar-refractivity contribution in [2.24, 2.45) is 0 Å². The number of thiazole rings is 1. The Bertz CT molecular complexity index is 365. The van der Waals surface area contributed by atoms with E-state index in [4.69, 9.17) is 11.3 Å². The molecule has 0 spiro atoms. The molecule has 0 amide bonds. The number of nitrogen functional groups attached to an aromatic ring is 1. The predicted octanol–water partition coefficient (Wildman–Crippen LogP) is -0.162. The van der Waals surface area contributed by atoms with E-state index >= 15 is 0 Å². The first kappa shape index (κ1) is 8.79. The van der Waals surface area contributed by atoms with Crippen LogP contribution in [0.25, 0.3) is 0 Å². The van der Waals surface area contributed by atoms with Gasteiger partial charge in [0.2, 0.25) is 4.80 Å². The highest BCUT2D eigenvalue weighted by Crippen LogP contribution is 2.10. The number of nitrogens with zero attached hydrogens (tertiary/aromatic N) is 1. The lowest BCUT2D eigenvalue weighted by atomic mass is 10.4. The van der Waals surface area contributed by atoms with Crippen molar-refractivity contribution in [2.75, 3.05) is 13.0 Å². The highest BCUT2D eigenvalue weighted by Gasteiger charge is 2.14. The van der Waals surface area contributed by atoms with Gasteiger partial charge in [-0.05, 0) is 6.92 Å². The fourth-order valence-electron chi connectivity index (χ4n) is 0.763. The lowest BCUT2D eigenvalue weighted by molar-refractivity contribution is 0.0605. The van der Waals surface area contributed by atoms with Crippen molar-refractivity contribution in [3.05, 3.63) is 15.4 Å². The highest BCUT2D eigenvalue weighted by molar-refractivity contribution is 7.11. The number of methoxy groups -OCH3 is 1. The standard InChI is InChI=1S/C6H9N3O2S/c1-3-4(5(10)11-2)12-6(7)9(3)8/h7H,8H2,1-2H3. The molecule has 0 radical (unpaired) electrons. The minimum absolute atomic E-state index is 0.132. The molecular weight excluding hydrogens is 178 g/mol. The van der Waals surface area contributed by atoms with E-state index in [9.17, 15) is 4.79 Å². The maximum Gasteiger partial charge on any atom is 0.350 e. The fraction of sp³-hybridized carbons (Fsp3) is 0.333. The quantitative estimate of drug-likeness (QED) is 0.473. The van der Waals surface area contributed by atoms with Crippen molar-refractivity contribution in [3.63, 3.8) is 0 Å². The SMILES string of the molecule is COC(=O)c1sc(=N)n(N)c1C. The van der Waals surface area contributed by atoms with Crippen LogP contribution in [0.3, 0.4) is 0 Å². The van der Waals surface area contributed by atoms with Gasteiger partial charge in [-0.1, -0.05) is 11.3 Å². The van der Waals surface area contributed by atoms with Gasteiger partial charge in [0.15, 0.2) is 0 Å². The number of carbonyl (C=O) groups is 1. The van der Waals surface area contributed by atoms with Gasteiger partial charge in [0.1, 0.15) is 4.88 Å². The third-order valence-corrected chi connectivity index (χ3v) is 2.53. The van der Waals surface area contributed by atoms with Gasteiger partial charge in [-0.25, -0.2) is 9.47 Å². The summed E-state index contributed by atoms with van der Waals surface area (Å²) in [7, 11) is 1.30. The van der Waals surface area contributed by atoms with Crippen LogP contribution in [0, 0.1) is 12.3 Å². The van der Waals surface area contributed by atoms with Crippen molar-refractivity contribution in [1.82, 2.24) is 4.68 Å². The van der Waals surface area contributed by atoms with Gasteiger partial charge >= 0.3 is 5.97 Å². The van der Waals surface area contributed by atoms with Crippen LogP contribution < -0.4 is 10.6 Å². The Morgan fingerprint density at radius 1 is 1.75 bits per heavy atom. The van der Waals surface area contributed by atoms with Gasteiger partial charge in [0.25, 0.3) is 0 Å². The van der Waals surface area contributed by atoms with Crippen LogP contribution in [0.2, 0.25) is 0 Å². The molecule has 0 bridgehead atoms. The van der Waals surface area contributed by atoms with E-state index in [0.717, 1.165) is 16.0 Å². The number of nitrogens with one attached hydrogen (secondary N) is 1. The molecule has 3 N–H and O–H groups in total. The zero-order valence-electron chi connectivity index (χ0n) is 6.75. The molecule has 0 aliphatic carbocycles. The van der Waals surface area contributed by atoms with Crippen LogP contribution in [0.1, 0.15) is 15.4 Å². The molecule has 1 aromatic rings. The summed E-state index contributed by atoms with van der Waals surface area (Å²) in [6.45, 7) is 1.67. The summed E-state index contributed by atoms with van der Waals surface area (Å²) in [5.41, 5.74) is 0.553. The first-order chi connectivity index (χ1) is 5.57. The van der Waals surface area contributed by atoms with Crippen molar-refractivity contribution in [2.45, 2.75) is 6.92 Å². The number of esters is 1. The van der Waals surface area contributed by atoms with E-state index in [2.05, 4.69) is 4.74 Å². The average molecular weight is 187 g/mol. The molecule has 5 nitrogen and oxygen atoms in total. The molecule has 1 aromatic heterocycles. The van der Waals surface area contributed by atoms with E-state index < -0.39 is 5.97 Å². The van der Waals surface area contributed by atoms with Crippen LogP contribution in [0.15, 0.2) is 0 Å². The Hall–Kier alpha value is -1.30. The molecule has 0 unspecified atom stereocenters. The Morgan fingerprint density at radius 2 is 2.33 bits per heavy atom. The first-order valence-corrected chi connectivity index (χ1v) is 4.00. The number of aromatic nitrogens is 1. The predicted molar refractivity (Wildman–Crippen MR) is 44.4 cm³/mol. The van der Waals surface area contributed by atoms with Gasteiger partial charge in [-0.3, -0.25) is 5.41 Å². The van der Waals surface area contributed by atoms with Crippen LogP contribution >= 0.6 is 11.3 Å². The summed E-state index contributed by atoms with van der Waals surface area (Å²) in [5, 5.41) is 7.30. The molecule has 0 aromatic carbocycles. The van der Waals surface area contributed by atoms with Gasteiger partial charge in [-0.2, -0.15) is 0 Å². The van der Waals surface area contributed by atoms with Crippen molar-refractivity contribution in [3.8, 4) is 0 Å². The summed E-state index contributed by atoms with van der Waals surface area (Å²) < 4.78 is 5.65. The number of rotatable bonds is 1. The number of ether oxygens (including phenoxy) is 1. The summed E-state index contributed by atoms with van der Waals surface area (Å²) in [6.07, 6.45) is 0. The smallest absolute Gasteiger partial charge is 0.350 e. The summed E-state index contributed by atoms with van der Waals surface area (Å²) >= 11 is 1.00. The van der Waals surface area contributed by atoms with Crippen LogP contribution in [-0.2, 0) is 4.74 Å². The number of carbonyl (C=O) groups excluding carboxylic acids is 1. The van der Waals surface area contributed by atoms with E-state index in [0.29, 0.717) is 10.6 Å². The minimum atomic E-state index is -0.449. The molecule has 1 rings (SSSR count). The maximum atomic E-state index is 11.0. The number of nitrogens with two attached hydrogens (primary N) is 1. The number of hydrogen-bond donors (Lipinski definition) is 2. The van der Waals surface area contributed by atoms with E-state index in [1.54, 1.807) is 6.92 Å². The second kappa shape index (κ2) is 2.98. The monoisotopic (exact) mass is 187 g/mol. The lowest BCUT2D eigenvalue weighted by Crippen LogP contribution is -2.22. The zero-order chi connectivity index (χ0) is 9.30. The molecule has 0 atom stereocenters. The molecule has 0 saturated heterocycles. The molecule has 0 saturated carbocycles. The average Bonchev–Trinajstić information content (AvgIpc) is 2.32. The lowest BCUT2D eigenvalue weighted by Gasteiger charge is -1.97. The molecular formula is C6H9N3O2S. The minimum Gasteiger partial charge on any atom is -0.465 e.